The number of carbonyl (C=O) groups excluding carboxylic acids is 1. The van der Waals surface area contributed by atoms with Crippen LogP contribution in [0.25, 0.3) is 0 Å². The van der Waals surface area contributed by atoms with Gasteiger partial charge in [0.25, 0.3) is 5.69 Å². The van der Waals surface area contributed by atoms with Crippen molar-refractivity contribution in [3.05, 3.63) is 33.9 Å². The summed E-state index contributed by atoms with van der Waals surface area (Å²) >= 11 is 0. The maximum absolute atomic E-state index is 13.6. The van der Waals surface area contributed by atoms with Gasteiger partial charge in [0.2, 0.25) is 0 Å². The van der Waals surface area contributed by atoms with E-state index in [1.165, 1.54) is 19.2 Å². The lowest BCUT2D eigenvalue weighted by molar-refractivity contribution is -0.386. The number of aliphatic hydroxyl groups is 1. The van der Waals surface area contributed by atoms with Crippen LogP contribution in [-0.2, 0) is 14.9 Å². The Morgan fingerprint density at radius 2 is 2.07 bits per heavy atom. The molecule has 30 heavy (non-hydrogen) atoms. The molecule has 0 spiro atoms. The summed E-state index contributed by atoms with van der Waals surface area (Å²) in [7, 11) is 3.37. The zero-order valence-electron chi connectivity index (χ0n) is 18.0. The van der Waals surface area contributed by atoms with Crippen molar-refractivity contribution >= 4 is 11.7 Å². The standard InChI is InChI=1S/C22H30N2O6/c1-21(2)13-9-16(21)19(25)18(10-13)30-20(26)22(7-8-23(3)12-22)15-11-14(29-4)5-6-17(15)24(27)28/h5-6,11,13,16,18-19,25H,7-10,12H2,1-4H3/t13-,16+,18+,19+,22?/m1/s1. The van der Waals surface area contributed by atoms with Gasteiger partial charge in [0.1, 0.15) is 17.3 Å². The average Bonchev–Trinajstić information content (AvgIpc) is 3.11. The summed E-state index contributed by atoms with van der Waals surface area (Å²) in [6, 6.07) is 4.49. The Morgan fingerprint density at radius 3 is 2.60 bits per heavy atom. The van der Waals surface area contributed by atoms with Crippen molar-refractivity contribution in [2.24, 2.45) is 17.3 Å². The summed E-state index contributed by atoms with van der Waals surface area (Å²) in [6.45, 7) is 5.25. The molecule has 3 saturated carbocycles. The molecule has 4 aliphatic rings. The Bertz CT molecular complexity index is 871. The van der Waals surface area contributed by atoms with Crippen LogP contribution in [0.3, 0.4) is 0 Å². The molecule has 0 aromatic heterocycles. The second-order valence-electron chi connectivity index (χ2n) is 9.74. The molecule has 5 atom stereocenters. The SMILES string of the molecule is COc1ccc([N+](=O)[O-])c(C2(C(=O)O[C@H]3C[C@H]4C[C@@H]([C@@H]3O)C4(C)C)CCN(C)C2)c1. The minimum atomic E-state index is -1.16. The number of nitro groups is 1. The highest BCUT2D eigenvalue weighted by Gasteiger charge is 2.59. The molecule has 1 N–H and O–H groups in total. The van der Waals surface area contributed by atoms with Crippen molar-refractivity contribution in [1.82, 2.24) is 4.90 Å². The quantitative estimate of drug-likeness (QED) is 0.445. The van der Waals surface area contributed by atoms with E-state index in [4.69, 9.17) is 9.47 Å². The Kier molecular flexibility index (Phi) is 5.05. The van der Waals surface area contributed by atoms with E-state index in [1.54, 1.807) is 6.07 Å². The van der Waals surface area contributed by atoms with Crippen LogP contribution in [0.2, 0.25) is 0 Å². The Morgan fingerprint density at radius 1 is 1.33 bits per heavy atom. The molecule has 5 rings (SSSR count). The van der Waals surface area contributed by atoms with E-state index in [-0.39, 0.29) is 17.0 Å². The summed E-state index contributed by atoms with van der Waals surface area (Å²) in [5, 5.41) is 22.6. The van der Waals surface area contributed by atoms with E-state index >= 15 is 0 Å². The summed E-state index contributed by atoms with van der Waals surface area (Å²) in [5.41, 5.74) is -0.907. The number of nitro benzene ring substituents is 1. The number of aliphatic hydroxyl groups excluding tert-OH is 1. The van der Waals surface area contributed by atoms with Gasteiger partial charge in [0, 0.05) is 12.6 Å². The number of carbonyl (C=O) groups is 1. The highest BCUT2D eigenvalue weighted by Crippen LogP contribution is 2.59. The van der Waals surface area contributed by atoms with Gasteiger partial charge in [-0.25, -0.2) is 0 Å². The maximum atomic E-state index is 13.6. The third-order valence-corrected chi connectivity index (χ3v) is 7.88. The first kappa shape index (κ1) is 21.1. The van der Waals surface area contributed by atoms with Crippen molar-refractivity contribution < 1.29 is 24.3 Å². The summed E-state index contributed by atoms with van der Waals surface area (Å²) in [6.07, 6.45) is 0.726. The van der Waals surface area contributed by atoms with E-state index in [9.17, 15) is 20.0 Å². The first-order valence-corrected chi connectivity index (χ1v) is 10.5. The summed E-state index contributed by atoms with van der Waals surface area (Å²) in [5.74, 6) is 0.490. The lowest BCUT2D eigenvalue weighted by Gasteiger charge is -2.60. The molecule has 1 aromatic rings. The number of methoxy groups -OCH3 is 1. The van der Waals surface area contributed by atoms with Gasteiger partial charge >= 0.3 is 5.97 Å². The number of benzene rings is 1. The van der Waals surface area contributed by atoms with Crippen LogP contribution in [0.5, 0.6) is 5.75 Å². The predicted molar refractivity (Wildman–Crippen MR) is 109 cm³/mol. The van der Waals surface area contributed by atoms with Gasteiger partial charge < -0.3 is 19.5 Å². The van der Waals surface area contributed by atoms with Crippen molar-refractivity contribution in [3.8, 4) is 5.75 Å². The number of likely N-dealkylation sites (tertiary alicyclic amines) is 1. The fourth-order valence-corrected chi connectivity index (χ4v) is 5.76. The normalized spacial score (nSPS) is 34.8. The fraction of sp³-hybridized carbons (Fsp3) is 0.682. The molecule has 164 valence electrons. The predicted octanol–water partition coefficient (Wildman–Crippen LogP) is 2.52. The number of rotatable bonds is 5. The first-order chi connectivity index (χ1) is 14.1. The van der Waals surface area contributed by atoms with Crippen molar-refractivity contribution in [2.45, 2.75) is 50.7 Å². The zero-order valence-corrected chi connectivity index (χ0v) is 18.0. The molecule has 8 nitrogen and oxygen atoms in total. The molecule has 1 heterocycles. The van der Waals surface area contributed by atoms with Gasteiger partial charge in [-0.2, -0.15) is 0 Å². The molecule has 3 aliphatic carbocycles. The second-order valence-corrected chi connectivity index (χ2v) is 9.74. The van der Waals surface area contributed by atoms with Crippen LogP contribution >= 0.6 is 0 Å². The number of fused-ring (bicyclic) bond motifs is 2. The number of ether oxygens (including phenoxy) is 2. The minimum absolute atomic E-state index is 0.0547. The third kappa shape index (κ3) is 3.08. The van der Waals surface area contributed by atoms with Gasteiger partial charge in [-0.05, 0) is 62.2 Å². The number of nitrogens with zero attached hydrogens (tertiary/aromatic N) is 2. The fourth-order valence-electron chi connectivity index (χ4n) is 5.76. The summed E-state index contributed by atoms with van der Waals surface area (Å²) in [4.78, 5) is 26.8. The highest BCUT2D eigenvalue weighted by molar-refractivity contribution is 5.86. The number of esters is 1. The highest BCUT2D eigenvalue weighted by atomic mass is 16.6. The summed E-state index contributed by atoms with van der Waals surface area (Å²) < 4.78 is 11.2. The lowest BCUT2D eigenvalue weighted by atomic mass is 9.47. The van der Waals surface area contributed by atoms with Gasteiger partial charge in [0.05, 0.1) is 23.7 Å². The van der Waals surface area contributed by atoms with Crippen molar-refractivity contribution in [3.63, 3.8) is 0 Å². The number of hydrogen-bond donors (Lipinski definition) is 1. The Hall–Kier alpha value is -2.19. The largest absolute Gasteiger partial charge is 0.497 e. The molecular weight excluding hydrogens is 388 g/mol. The number of likely N-dealkylation sites (N-methyl/N-ethyl adjacent to an activating group) is 1. The van der Waals surface area contributed by atoms with Crippen LogP contribution in [0.4, 0.5) is 5.69 Å². The molecule has 4 fully saturated rings. The molecule has 1 aliphatic heterocycles. The second kappa shape index (κ2) is 7.20. The first-order valence-electron chi connectivity index (χ1n) is 10.5. The molecule has 0 amide bonds. The van der Waals surface area contributed by atoms with Crippen LogP contribution in [0.15, 0.2) is 18.2 Å². The molecule has 1 aromatic carbocycles. The molecule has 1 saturated heterocycles. The monoisotopic (exact) mass is 418 g/mol. The van der Waals surface area contributed by atoms with E-state index in [2.05, 4.69) is 13.8 Å². The molecule has 2 bridgehead atoms. The smallest absolute Gasteiger partial charge is 0.318 e. The van der Waals surface area contributed by atoms with Crippen molar-refractivity contribution in [1.29, 1.82) is 0 Å². The van der Waals surface area contributed by atoms with Gasteiger partial charge in [0.15, 0.2) is 0 Å². The van der Waals surface area contributed by atoms with Crippen LogP contribution < -0.4 is 4.74 Å². The van der Waals surface area contributed by atoms with Gasteiger partial charge in [-0.1, -0.05) is 13.8 Å². The number of hydrogen-bond acceptors (Lipinski definition) is 7. The van der Waals surface area contributed by atoms with Crippen LogP contribution in [-0.4, -0.2) is 60.4 Å². The molecule has 1 unspecified atom stereocenters. The Labute approximate surface area is 176 Å². The zero-order chi connectivity index (χ0) is 21.8. The molecule has 0 radical (unpaired) electrons. The van der Waals surface area contributed by atoms with E-state index < -0.39 is 28.5 Å². The topological polar surface area (TPSA) is 102 Å². The Balaban J connectivity index is 1.67. The van der Waals surface area contributed by atoms with Gasteiger partial charge in [-0.3, -0.25) is 14.9 Å². The average molecular weight is 418 g/mol. The maximum Gasteiger partial charge on any atom is 0.318 e. The van der Waals surface area contributed by atoms with E-state index in [0.717, 1.165) is 6.42 Å². The molecule has 8 heteroatoms. The molecular formula is C22H30N2O6. The van der Waals surface area contributed by atoms with Crippen LogP contribution in [0.1, 0.15) is 38.7 Å². The lowest BCUT2D eigenvalue weighted by Crippen LogP contribution is -2.61. The minimum Gasteiger partial charge on any atom is -0.497 e. The van der Waals surface area contributed by atoms with E-state index in [1.807, 2.05) is 11.9 Å². The van der Waals surface area contributed by atoms with Gasteiger partial charge in [-0.15, -0.1) is 0 Å². The third-order valence-electron chi connectivity index (χ3n) is 7.88. The van der Waals surface area contributed by atoms with Crippen molar-refractivity contribution in [2.75, 3.05) is 27.2 Å². The van der Waals surface area contributed by atoms with Crippen LogP contribution in [0, 0.1) is 27.4 Å². The van der Waals surface area contributed by atoms with E-state index in [0.29, 0.717) is 43.2 Å².